The van der Waals surface area contributed by atoms with E-state index in [1.165, 1.54) is 17.2 Å². The number of aliphatic hydroxyl groups is 1. The Labute approximate surface area is 372 Å². The van der Waals surface area contributed by atoms with Gasteiger partial charge in [0.25, 0.3) is 14.4 Å². The van der Waals surface area contributed by atoms with Crippen LogP contribution in [-0.2, 0) is 24.1 Å². The summed E-state index contributed by atoms with van der Waals surface area (Å²) in [4.78, 5) is 28.2. The highest BCUT2D eigenvalue weighted by Gasteiger charge is 2.64. The van der Waals surface area contributed by atoms with Crippen molar-refractivity contribution in [2.24, 2.45) is 0 Å². The number of ether oxygens (including phenoxy) is 4. The first-order valence-corrected chi connectivity index (χ1v) is 21.8. The molecule has 0 spiro atoms. The number of Topliss-reactive ketones (excluding diaryl/α,β-unsaturated/α-hetero) is 1. The molecule has 6 atom stereocenters. The summed E-state index contributed by atoms with van der Waals surface area (Å²) in [5.41, 5.74) is 6.63. The van der Waals surface area contributed by atoms with Crippen LogP contribution in [0.15, 0.2) is 122 Å². The standard InChI is InChI=1S/C47H51FN7O8P/c1-30(2)55(31(3)4)64(60-27-13-26-49)63-42-41(61-45(47(42,48)57)54-29-53-38-43(50)51-28-52-44(38)54)40(39(56)32-14-9-7-10-15-32)62-46(33-16-11-8-12-17-33,34-18-22-36(58-5)23-19-34)35-20-24-37(59-6)25-21-35/h7-12,14-25,28-31,40-42,45,57H,13,27H2,1-6H3,(H2,50,51,52)/t40?,41-,42-,45-,47-,64?/m1/s1. The molecule has 3 heterocycles. The molecule has 15 nitrogen and oxygen atoms in total. The molecule has 6 aromatic rings. The number of nitrogens with two attached hydrogens (primary N) is 1. The van der Waals surface area contributed by atoms with E-state index >= 15 is 9.18 Å². The molecule has 1 aliphatic rings. The normalized spacial score (nSPS) is 19.8. The Bertz CT molecular complexity index is 2470. The Balaban J connectivity index is 1.50. The Morgan fingerprint density at radius 1 is 0.906 bits per heavy atom. The van der Waals surface area contributed by atoms with Crippen molar-refractivity contribution in [3.63, 3.8) is 0 Å². The second-order valence-electron chi connectivity index (χ2n) is 15.6. The minimum absolute atomic E-state index is 0.00301. The predicted molar refractivity (Wildman–Crippen MR) is 238 cm³/mol. The van der Waals surface area contributed by atoms with Gasteiger partial charge in [0.2, 0.25) is 0 Å². The van der Waals surface area contributed by atoms with Crippen molar-refractivity contribution in [1.29, 1.82) is 5.26 Å². The highest BCUT2D eigenvalue weighted by molar-refractivity contribution is 7.44. The van der Waals surface area contributed by atoms with Crippen molar-refractivity contribution in [3.8, 4) is 17.6 Å². The third-order valence-electron chi connectivity index (χ3n) is 10.9. The van der Waals surface area contributed by atoms with E-state index in [0.29, 0.717) is 28.2 Å². The summed E-state index contributed by atoms with van der Waals surface area (Å²) in [6, 6.07) is 33.7. The van der Waals surface area contributed by atoms with Gasteiger partial charge in [-0.3, -0.25) is 9.36 Å². The zero-order valence-electron chi connectivity index (χ0n) is 36.3. The number of hydrogen-bond donors (Lipinski definition) is 2. The number of nitrogens with zero attached hydrogens (tertiary/aromatic N) is 6. The summed E-state index contributed by atoms with van der Waals surface area (Å²) in [6.07, 6.45) is -5.00. The summed E-state index contributed by atoms with van der Waals surface area (Å²) < 4.78 is 59.7. The van der Waals surface area contributed by atoms with Crippen molar-refractivity contribution in [2.45, 2.75) is 82.2 Å². The number of nitriles is 1. The number of anilines is 1. The maximum Gasteiger partial charge on any atom is 0.282 e. The Morgan fingerprint density at radius 2 is 1.47 bits per heavy atom. The number of aromatic nitrogens is 4. The zero-order valence-corrected chi connectivity index (χ0v) is 37.2. The fourth-order valence-corrected chi connectivity index (χ4v) is 9.77. The molecule has 64 heavy (non-hydrogen) atoms. The Kier molecular flexibility index (Phi) is 14.3. The number of rotatable bonds is 19. The van der Waals surface area contributed by atoms with Gasteiger partial charge >= 0.3 is 0 Å². The van der Waals surface area contributed by atoms with Crippen molar-refractivity contribution < 1.29 is 42.3 Å². The van der Waals surface area contributed by atoms with Crippen LogP contribution in [0.3, 0.4) is 0 Å². The number of fused-ring (bicyclic) bond motifs is 1. The van der Waals surface area contributed by atoms with Crippen molar-refractivity contribution in [1.82, 2.24) is 24.2 Å². The van der Waals surface area contributed by atoms with Crippen LogP contribution >= 0.6 is 8.53 Å². The molecule has 0 radical (unpaired) electrons. The van der Waals surface area contributed by atoms with E-state index in [0.717, 1.165) is 0 Å². The van der Waals surface area contributed by atoms with Gasteiger partial charge in [0.05, 0.1) is 39.6 Å². The molecule has 334 valence electrons. The smallest absolute Gasteiger partial charge is 0.282 e. The van der Waals surface area contributed by atoms with E-state index in [1.807, 2.05) is 87.0 Å². The molecular formula is C47H51FN7O8P. The number of nitrogen functional groups attached to an aromatic ring is 1. The average Bonchev–Trinajstić information content (AvgIpc) is 3.85. The topological polar surface area (TPSA) is 189 Å². The monoisotopic (exact) mass is 891 g/mol. The van der Waals surface area contributed by atoms with E-state index in [4.69, 9.17) is 33.7 Å². The third-order valence-corrected chi connectivity index (χ3v) is 13.0. The molecule has 1 aliphatic heterocycles. The molecule has 3 N–H and O–H groups in total. The molecule has 1 saturated heterocycles. The Morgan fingerprint density at radius 3 is 2.02 bits per heavy atom. The second-order valence-corrected chi connectivity index (χ2v) is 17.0. The van der Waals surface area contributed by atoms with Gasteiger partial charge < -0.3 is 38.8 Å². The molecule has 0 amide bonds. The number of halogens is 1. The minimum Gasteiger partial charge on any atom is -0.497 e. The van der Waals surface area contributed by atoms with Gasteiger partial charge in [-0.25, -0.2) is 24.0 Å². The van der Waals surface area contributed by atoms with E-state index in [9.17, 15) is 10.4 Å². The van der Waals surface area contributed by atoms with Crippen LogP contribution in [0.25, 0.3) is 11.2 Å². The van der Waals surface area contributed by atoms with Crippen LogP contribution in [0.2, 0.25) is 0 Å². The number of hydrogen-bond acceptors (Lipinski definition) is 14. The van der Waals surface area contributed by atoms with Gasteiger partial charge in [-0.05, 0) is 68.7 Å². The summed E-state index contributed by atoms with van der Waals surface area (Å²) in [5.74, 6) is -2.90. The molecule has 0 bridgehead atoms. The summed E-state index contributed by atoms with van der Waals surface area (Å²) >= 11 is 0. The van der Waals surface area contributed by atoms with Gasteiger partial charge in [0.1, 0.15) is 35.0 Å². The number of alkyl halides is 1. The van der Waals surface area contributed by atoms with Crippen LogP contribution in [0.1, 0.15) is 67.4 Å². The molecule has 1 fully saturated rings. The van der Waals surface area contributed by atoms with E-state index < -0.39 is 50.3 Å². The molecule has 2 aromatic heterocycles. The highest BCUT2D eigenvalue weighted by Crippen LogP contribution is 2.55. The summed E-state index contributed by atoms with van der Waals surface area (Å²) in [7, 11) is 0.852. The molecular weight excluding hydrogens is 841 g/mol. The maximum absolute atomic E-state index is 18.3. The fourth-order valence-electron chi connectivity index (χ4n) is 8.00. The first kappa shape index (κ1) is 46.1. The van der Waals surface area contributed by atoms with E-state index in [-0.39, 0.29) is 47.7 Å². The first-order chi connectivity index (χ1) is 30.8. The fraction of sp³-hybridized carbons (Fsp3) is 0.340. The molecule has 0 saturated carbocycles. The van der Waals surface area contributed by atoms with Gasteiger partial charge in [0, 0.05) is 17.6 Å². The van der Waals surface area contributed by atoms with Crippen LogP contribution in [0.4, 0.5) is 10.2 Å². The van der Waals surface area contributed by atoms with Crippen molar-refractivity contribution >= 4 is 31.3 Å². The van der Waals surface area contributed by atoms with E-state index in [2.05, 4.69) is 21.0 Å². The number of imidazole rings is 1. The third kappa shape index (κ3) is 9.06. The summed E-state index contributed by atoms with van der Waals surface area (Å²) in [5, 5.41) is 22.0. The van der Waals surface area contributed by atoms with Crippen molar-refractivity contribution in [3.05, 3.63) is 144 Å². The lowest BCUT2D eigenvalue weighted by Gasteiger charge is -2.42. The molecule has 17 heteroatoms. The predicted octanol–water partition coefficient (Wildman–Crippen LogP) is 7.90. The lowest BCUT2D eigenvalue weighted by Crippen LogP contribution is -2.52. The first-order valence-electron chi connectivity index (χ1n) is 20.7. The second kappa shape index (κ2) is 19.9. The number of methoxy groups -OCH3 is 2. The number of ketones is 1. The number of carbonyl (C=O) groups excluding carboxylic acids is 1. The SMILES string of the molecule is COc1ccc(C(OC(C(=O)c2ccccc2)[C@H]2O[C@@H](n3cnc4c(N)ncnc43)[C@@](O)(F)[C@@H]2OP(OCCC#N)N(C(C)C)C(C)C)(c2ccccc2)c2ccc(OC)cc2)cc1. The maximum atomic E-state index is 18.3. The molecule has 2 unspecified atom stereocenters. The van der Waals surface area contributed by atoms with E-state index in [1.54, 1.807) is 68.8 Å². The quantitative estimate of drug-likeness (QED) is 0.0345. The number of carbonyl (C=O) groups is 1. The Hall–Kier alpha value is -5.89. The molecule has 7 rings (SSSR count). The minimum atomic E-state index is -3.44. The van der Waals surface area contributed by atoms with Gasteiger partial charge in [-0.1, -0.05) is 84.9 Å². The van der Waals surface area contributed by atoms with Crippen molar-refractivity contribution in [2.75, 3.05) is 26.6 Å². The van der Waals surface area contributed by atoms with Crippen LogP contribution in [0, 0.1) is 11.3 Å². The highest BCUT2D eigenvalue weighted by atomic mass is 31.2. The lowest BCUT2D eigenvalue weighted by molar-refractivity contribution is -0.191. The lowest BCUT2D eigenvalue weighted by atomic mass is 9.79. The van der Waals surface area contributed by atoms with Gasteiger partial charge in [-0.2, -0.15) is 5.26 Å². The zero-order chi connectivity index (χ0) is 45.6. The van der Waals surface area contributed by atoms with Gasteiger partial charge in [0.15, 0.2) is 35.7 Å². The average molecular weight is 892 g/mol. The molecule has 0 aliphatic carbocycles. The van der Waals surface area contributed by atoms with Crippen LogP contribution < -0.4 is 15.2 Å². The summed E-state index contributed by atoms with van der Waals surface area (Å²) in [6.45, 7) is 7.61. The largest absolute Gasteiger partial charge is 0.497 e. The van der Waals surface area contributed by atoms with Crippen LogP contribution in [0.5, 0.6) is 11.5 Å². The molecule has 4 aromatic carbocycles. The van der Waals surface area contributed by atoms with Gasteiger partial charge in [-0.15, -0.1) is 0 Å². The number of benzene rings is 4. The van der Waals surface area contributed by atoms with Crippen LogP contribution in [-0.4, -0.2) is 92.2 Å².